The van der Waals surface area contributed by atoms with Crippen LogP contribution in [0.1, 0.15) is 38.1 Å². The number of anilines is 2. The lowest BCUT2D eigenvalue weighted by molar-refractivity contribution is 0.262. The first-order valence-corrected chi connectivity index (χ1v) is 12.7. The van der Waals surface area contributed by atoms with Gasteiger partial charge in [0.1, 0.15) is 21.4 Å². The van der Waals surface area contributed by atoms with E-state index in [1.165, 1.54) is 22.7 Å². The Kier molecular flexibility index (Phi) is 5.79. The van der Waals surface area contributed by atoms with Crippen molar-refractivity contribution < 1.29 is 9.53 Å². The number of urea groups is 1. The number of carbonyl (C=O) groups excluding carboxylic acids is 1. The van der Waals surface area contributed by atoms with Crippen molar-refractivity contribution in [2.75, 3.05) is 17.2 Å². The first-order valence-electron chi connectivity index (χ1n) is 11.1. The molecule has 1 aliphatic heterocycles. The highest BCUT2D eigenvalue weighted by Crippen LogP contribution is 2.34. The van der Waals surface area contributed by atoms with Gasteiger partial charge in [-0.2, -0.15) is 0 Å². The highest BCUT2D eigenvalue weighted by atomic mass is 32.1. The number of rotatable bonds is 4. The Balaban J connectivity index is 1.38. The number of nitrogens with zero attached hydrogens (tertiary/aromatic N) is 3. The topological polar surface area (TPSA) is 98.1 Å². The lowest BCUT2D eigenvalue weighted by Gasteiger charge is -2.08. The fourth-order valence-corrected chi connectivity index (χ4v) is 6.09. The number of carbonyl (C=O) groups is 1. The maximum Gasteiger partial charge on any atom is 0.326 e. The summed E-state index contributed by atoms with van der Waals surface area (Å²) in [5.41, 5.74) is 1.54. The molecule has 33 heavy (non-hydrogen) atoms. The molecule has 4 aromatic rings. The number of nitrogens with one attached hydrogen (secondary N) is 2. The number of hydrogen-bond donors (Lipinski definition) is 2. The van der Waals surface area contributed by atoms with E-state index < -0.39 is 6.03 Å². The second-order valence-electron chi connectivity index (χ2n) is 8.31. The van der Waals surface area contributed by atoms with Crippen LogP contribution in [0.25, 0.3) is 20.4 Å². The minimum atomic E-state index is -0.399. The SMILES string of the molecule is CCOc1ccc2nc(NC(=O)Nc3sc4nc5n(c(=O)c4c3C)CC[C@@H](C)CC5)sc2c1. The van der Waals surface area contributed by atoms with E-state index in [-0.39, 0.29) is 5.56 Å². The van der Waals surface area contributed by atoms with E-state index >= 15 is 0 Å². The largest absolute Gasteiger partial charge is 0.494 e. The predicted octanol–water partition coefficient (Wildman–Crippen LogP) is 5.39. The fraction of sp³-hybridized carbons (Fsp3) is 0.391. The smallest absolute Gasteiger partial charge is 0.326 e. The molecular weight excluding hydrogens is 458 g/mol. The summed E-state index contributed by atoms with van der Waals surface area (Å²) in [5.74, 6) is 2.20. The van der Waals surface area contributed by atoms with Crippen molar-refractivity contribution in [1.29, 1.82) is 0 Å². The maximum atomic E-state index is 13.2. The van der Waals surface area contributed by atoms with Crippen molar-refractivity contribution in [2.24, 2.45) is 5.92 Å². The molecule has 0 radical (unpaired) electrons. The fourth-order valence-electron chi connectivity index (χ4n) is 4.11. The summed E-state index contributed by atoms with van der Waals surface area (Å²) in [7, 11) is 0. The van der Waals surface area contributed by atoms with Gasteiger partial charge in [-0.1, -0.05) is 29.6 Å². The molecule has 0 fully saturated rings. The lowest BCUT2D eigenvalue weighted by Crippen LogP contribution is -2.24. The van der Waals surface area contributed by atoms with Gasteiger partial charge in [0.15, 0.2) is 5.13 Å². The molecule has 2 N–H and O–H groups in total. The summed E-state index contributed by atoms with van der Waals surface area (Å²) in [4.78, 5) is 35.8. The molecule has 172 valence electrons. The monoisotopic (exact) mass is 483 g/mol. The molecule has 4 heterocycles. The Morgan fingerprint density at radius 1 is 1.24 bits per heavy atom. The van der Waals surface area contributed by atoms with Crippen molar-refractivity contribution >= 4 is 59.3 Å². The third-order valence-electron chi connectivity index (χ3n) is 5.95. The predicted molar refractivity (Wildman–Crippen MR) is 134 cm³/mol. The molecule has 0 aliphatic carbocycles. The Hall–Kier alpha value is -2.98. The molecule has 0 unspecified atom stereocenters. The molecule has 3 aromatic heterocycles. The number of thiazole rings is 1. The summed E-state index contributed by atoms with van der Waals surface area (Å²) >= 11 is 2.72. The summed E-state index contributed by atoms with van der Waals surface area (Å²) in [6, 6.07) is 5.26. The summed E-state index contributed by atoms with van der Waals surface area (Å²) < 4.78 is 8.28. The standard InChI is InChI=1S/C23H25N5O3S2/c1-4-31-14-6-7-15-16(11-14)32-23(24-15)27-22(30)26-19-13(3)18-20(33-19)25-17-8-5-12(2)9-10-28(17)21(18)29/h6-7,11-12H,4-5,8-10H2,1-3H3,(H2,24,26,27,30)/t12-/m0/s1. The zero-order valence-corrected chi connectivity index (χ0v) is 20.4. The summed E-state index contributed by atoms with van der Waals surface area (Å²) in [6.07, 6.45) is 2.81. The Morgan fingerprint density at radius 3 is 2.91 bits per heavy atom. The minimum absolute atomic E-state index is 0.0115. The van der Waals surface area contributed by atoms with Crippen molar-refractivity contribution in [3.8, 4) is 5.75 Å². The van der Waals surface area contributed by atoms with Crippen LogP contribution >= 0.6 is 22.7 Å². The second kappa shape index (κ2) is 8.75. The number of benzene rings is 1. The quantitative estimate of drug-likeness (QED) is 0.405. The molecule has 1 aliphatic rings. The molecule has 0 bridgehead atoms. The Labute approximate surface area is 198 Å². The molecule has 5 rings (SSSR count). The van der Waals surface area contributed by atoms with Crippen molar-refractivity contribution in [1.82, 2.24) is 14.5 Å². The van der Waals surface area contributed by atoms with Crippen LogP contribution in [0.3, 0.4) is 0 Å². The van der Waals surface area contributed by atoms with Crippen LogP contribution < -0.4 is 20.9 Å². The van der Waals surface area contributed by atoms with Crippen LogP contribution in [0, 0.1) is 12.8 Å². The number of aryl methyl sites for hydroxylation is 2. The van der Waals surface area contributed by atoms with Crippen LogP contribution in [0.2, 0.25) is 0 Å². The third-order valence-corrected chi connectivity index (χ3v) is 7.99. The molecule has 8 nitrogen and oxygen atoms in total. The van der Waals surface area contributed by atoms with Gasteiger partial charge in [0.25, 0.3) is 5.56 Å². The molecule has 2 amide bonds. The van der Waals surface area contributed by atoms with Crippen molar-refractivity contribution in [3.05, 3.63) is 39.9 Å². The van der Waals surface area contributed by atoms with Gasteiger partial charge < -0.3 is 4.74 Å². The van der Waals surface area contributed by atoms with E-state index in [4.69, 9.17) is 9.72 Å². The van der Waals surface area contributed by atoms with E-state index in [1.807, 2.05) is 36.6 Å². The minimum Gasteiger partial charge on any atom is -0.494 e. The van der Waals surface area contributed by atoms with Crippen LogP contribution in [0.15, 0.2) is 23.0 Å². The number of hydrogen-bond acceptors (Lipinski definition) is 7. The maximum absolute atomic E-state index is 13.2. The second-order valence-corrected chi connectivity index (χ2v) is 10.3. The normalized spacial score (nSPS) is 15.9. The summed E-state index contributed by atoms with van der Waals surface area (Å²) in [6.45, 7) is 7.29. The van der Waals surface area contributed by atoms with Crippen LogP contribution in [-0.2, 0) is 13.0 Å². The van der Waals surface area contributed by atoms with Crippen LogP contribution in [0.5, 0.6) is 5.75 Å². The van der Waals surface area contributed by atoms with E-state index in [9.17, 15) is 9.59 Å². The average molecular weight is 484 g/mol. The molecule has 0 spiro atoms. The van der Waals surface area contributed by atoms with Crippen molar-refractivity contribution in [3.63, 3.8) is 0 Å². The number of aromatic nitrogens is 3. The van der Waals surface area contributed by atoms with Gasteiger partial charge in [0.05, 0.1) is 22.2 Å². The first kappa shape index (κ1) is 21.8. The highest BCUT2D eigenvalue weighted by molar-refractivity contribution is 7.23. The highest BCUT2D eigenvalue weighted by Gasteiger charge is 2.21. The van der Waals surface area contributed by atoms with Crippen LogP contribution in [0.4, 0.5) is 14.9 Å². The Morgan fingerprint density at radius 2 is 2.09 bits per heavy atom. The number of thiophene rings is 1. The first-order chi connectivity index (χ1) is 15.9. The number of ether oxygens (including phenoxy) is 1. The zero-order valence-electron chi connectivity index (χ0n) is 18.7. The number of fused-ring (bicyclic) bond motifs is 3. The Bertz CT molecular complexity index is 1420. The van der Waals surface area contributed by atoms with Gasteiger partial charge in [-0.25, -0.2) is 14.8 Å². The van der Waals surface area contributed by atoms with Crippen LogP contribution in [-0.4, -0.2) is 27.2 Å². The van der Waals surface area contributed by atoms with Gasteiger partial charge >= 0.3 is 6.03 Å². The van der Waals surface area contributed by atoms with Gasteiger partial charge in [0, 0.05) is 13.0 Å². The summed E-state index contributed by atoms with van der Waals surface area (Å²) in [5, 5.41) is 7.40. The molecule has 0 saturated heterocycles. The van der Waals surface area contributed by atoms with E-state index in [2.05, 4.69) is 22.5 Å². The van der Waals surface area contributed by atoms with Gasteiger partial charge in [0.2, 0.25) is 0 Å². The van der Waals surface area contributed by atoms with Crippen molar-refractivity contribution in [2.45, 2.75) is 46.6 Å². The molecule has 1 aromatic carbocycles. The molecule has 0 saturated carbocycles. The van der Waals surface area contributed by atoms with E-state index in [0.717, 1.165) is 46.6 Å². The molecule has 10 heteroatoms. The van der Waals surface area contributed by atoms with Gasteiger partial charge in [-0.3, -0.25) is 20.0 Å². The molecule has 1 atom stereocenters. The van der Waals surface area contributed by atoms with Gasteiger partial charge in [-0.15, -0.1) is 0 Å². The number of amides is 2. The third kappa shape index (κ3) is 4.20. The van der Waals surface area contributed by atoms with Gasteiger partial charge in [-0.05, 0) is 56.4 Å². The zero-order chi connectivity index (χ0) is 23.1. The lowest BCUT2D eigenvalue weighted by atomic mass is 10.0. The molecular formula is C23H25N5O3S2. The van der Waals surface area contributed by atoms with E-state index in [0.29, 0.717) is 39.4 Å². The average Bonchev–Trinajstić information content (AvgIpc) is 3.24. The van der Waals surface area contributed by atoms with E-state index in [1.54, 1.807) is 0 Å².